The van der Waals surface area contributed by atoms with Crippen LogP contribution in [0.3, 0.4) is 0 Å². The van der Waals surface area contributed by atoms with E-state index < -0.39 is 29.0 Å². The van der Waals surface area contributed by atoms with E-state index >= 15 is 0 Å². The third-order valence-electron chi connectivity index (χ3n) is 4.47. The molecule has 1 heterocycles. The number of anilines is 2. The first kappa shape index (κ1) is 22.1. The van der Waals surface area contributed by atoms with Crippen molar-refractivity contribution in [3.63, 3.8) is 0 Å². The van der Waals surface area contributed by atoms with Crippen molar-refractivity contribution in [2.24, 2.45) is 0 Å². The molecule has 0 saturated carbocycles. The Morgan fingerprint density at radius 3 is 2.53 bits per heavy atom. The predicted molar refractivity (Wildman–Crippen MR) is 118 cm³/mol. The third kappa shape index (κ3) is 5.29. The summed E-state index contributed by atoms with van der Waals surface area (Å²) in [5.41, 5.74) is 1.01. The van der Waals surface area contributed by atoms with E-state index in [1.54, 1.807) is 13.0 Å². The molecule has 30 heavy (non-hydrogen) atoms. The summed E-state index contributed by atoms with van der Waals surface area (Å²) < 4.78 is 43.0. The van der Waals surface area contributed by atoms with Crippen molar-refractivity contribution in [2.45, 2.75) is 19.8 Å². The van der Waals surface area contributed by atoms with Crippen LogP contribution in [-0.4, -0.2) is 17.4 Å². The van der Waals surface area contributed by atoms with Gasteiger partial charge in [-0.05, 0) is 65.6 Å². The van der Waals surface area contributed by atoms with Crippen LogP contribution in [0.1, 0.15) is 27.9 Å². The quantitative estimate of drug-likeness (QED) is 0.243. The molecule has 0 spiro atoms. The van der Waals surface area contributed by atoms with Gasteiger partial charge in [0.25, 0.3) is 5.91 Å². The Balaban J connectivity index is 1.78. The van der Waals surface area contributed by atoms with E-state index in [-0.39, 0.29) is 11.4 Å². The van der Waals surface area contributed by atoms with Crippen molar-refractivity contribution in [2.75, 3.05) is 11.9 Å². The highest BCUT2D eigenvalue weighted by Crippen LogP contribution is 2.29. The van der Waals surface area contributed by atoms with Gasteiger partial charge in [0.1, 0.15) is 5.82 Å². The molecule has 0 unspecified atom stereocenters. The Hall–Kier alpha value is -2.62. The SMILES string of the molecule is Cc1cc(I)cnc1Nc1c(C(=O)NCCCc2ccccc2)cc(F)c(F)c1F. The molecule has 0 saturated heterocycles. The Morgan fingerprint density at radius 2 is 1.83 bits per heavy atom. The number of aromatic nitrogens is 1. The number of rotatable bonds is 7. The summed E-state index contributed by atoms with van der Waals surface area (Å²) >= 11 is 2.07. The number of pyridine rings is 1. The molecule has 1 amide bonds. The maximum Gasteiger partial charge on any atom is 0.253 e. The average Bonchev–Trinajstić information content (AvgIpc) is 2.73. The zero-order valence-electron chi connectivity index (χ0n) is 16.1. The van der Waals surface area contributed by atoms with Gasteiger partial charge in [-0.25, -0.2) is 18.2 Å². The first-order chi connectivity index (χ1) is 14.4. The molecule has 0 aliphatic carbocycles. The molecule has 2 aromatic carbocycles. The largest absolute Gasteiger partial charge is 0.352 e. The van der Waals surface area contributed by atoms with E-state index in [2.05, 4.69) is 38.2 Å². The van der Waals surface area contributed by atoms with Gasteiger partial charge in [-0.2, -0.15) is 0 Å². The molecule has 0 aliphatic heterocycles. The van der Waals surface area contributed by atoms with Crippen molar-refractivity contribution in [1.29, 1.82) is 0 Å². The minimum Gasteiger partial charge on any atom is -0.352 e. The molecule has 156 valence electrons. The second kappa shape index (κ2) is 9.92. The number of benzene rings is 2. The van der Waals surface area contributed by atoms with Crippen molar-refractivity contribution in [3.05, 3.63) is 86.4 Å². The second-order valence-corrected chi connectivity index (χ2v) is 7.94. The monoisotopic (exact) mass is 525 g/mol. The summed E-state index contributed by atoms with van der Waals surface area (Å²) in [4.78, 5) is 16.7. The number of nitrogens with zero attached hydrogens (tertiary/aromatic N) is 1. The van der Waals surface area contributed by atoms with E-state index in [1.165, 1.54) is 6.20 Å². The molecular formula is C22H19F3IN3O. The van der Waals surface area contributed by atoms with Gasteiger partial charge in [-0.1, -0.05) is 30.3 Å². The molecule has 0 aliphatic rings. The van der Waals surface area contributed by atoms with E-state index in [9.17, 15) is 18.0 Å². The maximum absolute atomic E-state index is 14.5. The Kier molecular flexibility index (Phi) is 7.30. The minimum atomic E-state index is -1.65. The summed E-state index contributed by atoms with van der Waals surface area (Å²) in [7, 11) is 0. The maximum atomic E-state index is 14.5. The summed E-state index contributed by atoms with van der Waals surface area (Å²) in [6.45, 7) is 2.03. The fourth-order valence-electron chi connectivity index (χ4n) is 2.92. The van der Waals surface area contributed by atoms with Crippen molar-refractivity contribution >= 4 is 40.0 Å². The minimum absolute atomic E-state index is 0.249. The lowest BCUT2D eigenvalue weighted by Crippen LogP contribution is -2.26. The summed E-state index contributed by atoms with van der Waals surface area (Å²) in [6, 6.07) is 12.2. The number of amides is 1. The molecule has 0 radical (unpaired) electrons. The van der Waals surface area contributed by atoms with Crippen molar-refractivity contribution in [3.8, 4) is 0 Å². The number of hydrogen-bond acceptors (Lipinski definition) is 3. The van der Waals surface area contributed by atoms with Gasteiger partial charge in [-0.3, -0.25) is 4.79 Å². The van der Waals surface area contributed by atoms with Crippen LogP contribution >= 0.6 is 22.6 Å². The lowest BCUT2D eigenvalue weighted by atomic mass is 10.1. The molecular weight excluding hydrogens is 506 g/mol. The second-order valence-electron chi connectivity index (χ2n) is 6.70. The van der Waals surface area contributed by atoms with Crippen molar-refractivity contribution in [1.82, 2.24) is 10.3 Å². The molecule has 3 rings (SSSR count). The van der Waals surface area contributed by atoms with Crippen LogP contribution in [0.2, 0.25) is 0 Å². The molecule has 4 nitrogen and oxygen atoms in total. The highest BCUT2D eigenvalue weighted by molar-refractivity contribution is 14.1. The van der Waals surface area contributed by atoms with E-state index in [4.69, 9.17) is 0 Å². The fraction of sp³-hybridized carbons (Fsp3) is 0.182. The molecule has 0 atom stereocenters. The van der Waals surface area contributed by atoms with E-state index in [1.807, 2.05) is 30.3 Å². The first-order valence-electron chi connectivity index (χ1n) is 9.25. The standard InChI is InChI=1S/C22H19F3IN3O/c1-13-10-15(26)12-28-21(13)29-20-16(11-17(23)18(24)19(20)25)22(30)27-9-5-8-14-6-3-2-4-7-14/h2-4,6-7,10-12H,5,8-9H2,1H3,(H,27,30)(H,28,29). The Morgan fingerprint density at radius 1 is 1.10 bits per heavy atom. The lowest BCUT2D eigenvalue weighted by Gasteiger charge is -2.15. The normalized spacial score (nSPS) is 10.7. The smallest absolute Gasteiger partial charge is 0.253 e. The van der Waals surface area contributed by atoms with Gasteiger partial charge >= 0.3 is 0 Å². The van der Waals surface area contributed by atoms with Gasteiger partial charge in [0.2, 0.25) is 0 Å². The van der Waals surface area contributed by atoms with Crippen LogP contribution in [-0.2, 0) is 6.42 Å². The predicted octanol–water partition coefficient (Wildman–Crippen LogP) is 5.52. The number of hydrogen-bond donors (Lipinski definition) is 2. The highest BCUT2D eigenvalue weighted by atomic mass is 127. The van der Waals surface area contributed by atoms with Crippen LogP contribution in [0.15, 0.2) is 48.7 Å². The van der Waals surface area contributed by atoms with Crippen LogP contribution in [0.5, 0.6) is 0 Å². The number of aryl methyl sites for hydroxylation is 2. The van der Waals surface area contributed by atoms with Crippen LogP contribution < -0.4 is 10.6 Å². The van der Waals surface area contributed by atoms with Crippen LogP contribution in [0, 0.1) is 27.9 Å². The van der Waals surface area contributed by atoms with E-state index in [0.29, 0.717) is 24.6 Å². The summed E-state index contributed by atoms with van der Waals surface area (Å²) in [5.74, 6) is -5.00. The zero-order valence-corrected chi connectivity index (χ0v) is 18.3. The molecule has 8 heteroatoms. The summed E-state index contributed by atoms with van der Waals surface area (Å²) in [6.07, 6.45) is 2.92. The molecule has 1 aromatic heterocycles. The number of halogens is 4. The lowest BCUT2D eigenvalue weighted by molar-refractivity contribution is 0.0953. The number of carbonyl (C=O) groups is 1. The van der Waals surface area contributed by atoms with Gasteiger partial charge < -0.3 is 10.6 Å². The topological polar surface area (TPSA) is 54.0 Å². The van der Waals surface area contributed by atoms with Gasteiger partial charge in [0.15, 0.2) is 17.5 Å². The molecule has 0 bridgehead atoms. The molecule has 2 N–H and O–H groups in total. The van der Waals surface area contributed by atoms with Crippen molar-refractivity contribution < 1.29 is 18.0 Å². The van der Waals surface area contributed by atoms with E-state index in [0.717, 1.165) is 15.6 Å². The van der Waals surface area contributed by atoms with Crippen LogP contribution in [0.25, 0.3) is 0 Å². The summed E-state index contributed by atoms with van der Waals surface area (Å²) in [5, 5.41) is 5.28. The molecule has 0 fully saturated rings. The third-order valence-corrected chi connectivity index (χ3v) is 5.06. The van der Waals surface area contributed by atoms with Crippen LogP contribution in [0.4, 0.5) is 24.7 Å². The average molecular weight is 525 g/mol. The van der Waals surface area contributed by atoms with Gasteiger partial charge in [0, 0.05) is 16.3 Å². The number of nitrogens with one attached hydrogen (secondary N) is 2. The van der Waals surface area contributed by atoms with Gasteiger partial charge in [-0.15, -0.1) is 0 Å². The van der Waals surface area contributed by atoms with Gasteiger partial charge in [0.05, 0.1) is 11.3 Å². The number of carbonyl (C=O) groups excluding carboxylic acids is 1. The fourth-order valence-corrected chi connectivity index (χ4v) is 3.53. The Bertz CT molecular complexity index is 1060. The Labute approximate surface area is 186 Å². The molecule has 3 aromatic rings. The first-order valence-corrected chi connectivity index (χ1v) is 10.3. The zero-order chi connectivity index (χ0) is 21.7. The highest BCUT2D eigenvalue weighted by Gasteiger charge is 2.23.